The van der Waals surface area contributed by atoms with E-state index < -0.39 is 5.97 Å². The highest BCUT2D eigenvalue weighted by molar-refractivity contribution is 6.03. The number of aromatic carboxylic acids is 1. The summed E-state index contributed by atoms with van der Waals surface area (Å²) in [5.41, 5.74) is 2.09. The van der Waals surface area contributed by atoms with Crippen LogP contribution in [0.5, 0.6) is 11.5 Å². The molecule has 0 bridgehead atoms. The van der Waals surface area contributed by atoms with Crippen LogP contribution >= 0.6 is 0 Å². The molecule has 8 heteroatoms. The molecule has 0 unspecified atom stereocenters. The molecule has 1 aromatic carbocycles. The van der Waals surface area contributed by atoms with E-state index in [0.717, 1.165) is 5.56 Å². The molecule has 155 valence electrons. The molecule has 3 aromatic heterocycles. The maximum atomic E-state index is 12.3. The minimum absolute atomic E-state index is 0.187. The van der Waals surface area contributed by atoms with E-state index in [2.05, 4.69) is 10.3 Å². The second kappa shape index (κ2) is 8.58. The van der Waals surface area contributed by atoms with Gasteiger partial charge in [0.05, 0.1) is 17.5 Å². The van der Waals surface area contributed by atoms with Gasteiger partial charge in [0.1, 0.15) is 18.0 Å². The number of aromatic nitrogens is 2. The van der Waals surface area contributed by atoms with E-state index in [1.54, 1.807) is 72.9 Å². The Morgan fingerprint density at radius 2 is 2.00 bits per heavy atom. The molecule has 1 amide bonds. The average molecular weight is 416 g/mol. The third-order valence-corrected chi connectivity index (χ3v) is 4.39. The molecule has 2 N–H and O–H groups in total. The summed E-state index contributed by atoms with van der Waals surface area (Å²) in [6.07, 6.45) is 6.18. The fourth-order valence-electron chi connectivity index (χ4n) is 2.90. The lowest BCUT2D eigenvalue weighted by molar-refractivity contribution is 0.0696. The first kappa shape index (κ1) is 20.0. The second-order valence-electron chi connectivity index (χ2n) is 6.71. The van der Waals surface area contributed by atoms with E-state index in [9.17, 15) is 9.59 Å². The van der Waals surface area contributed by atoms with Gasteiger partial charge in [0, 0.05) is 42.0 Å². The minimum atomic E-state index is -0.994. The highest BCUT2D eigenvalue weighted by atomic mass is 16.5. The monoisotopic (exact) mass is 416 g/mol. The summed E-state index contributed by atoms with van der Waals surface area (Å²) in [6.45, 7) is 3.48. The first-order valence-corrected chi connectivity index (χ1v) is 9.33. The Hall–Kier alpha value is -4.33. The van der Waals surface area contributed by atoms with E-state index in [-0.39, 0.29) is 17.2 Å². The van der Waals surface area contributed by atoms with Crippen LogP contribution in [-0.4, -0.2) is 26.5 Å². The first-order chi connectivity index (χ1) is 15.0. The number of anilines is 1. The Balaban J connectivity index is 1.45. The van der Waals surface area contributed by atoms with Crippen LogP contribution < -0.4 is 10.1 Å². The highest BCUT2D eigenvalue weighted by Crippen LogP contribution is 2.25. The number of carbonyl (C=O) groups is 2. The molecule has 31 heavy (non-hydrogen) atoms. The number of furan rings is 1. The Labute approximate surface area is 177 Å². The topological polar surface area (TPSA) is 107 Å². The van der Waals surface area contributed by atoms with Gasteiger partial charge in [-0.05, 0) is 37.3 Å². The van der Waals surface area contributed by atoms with Gasteiger partial charge in [0.2, 0.25) is 0 Å². The highest BCUT2D eigenvalue weighted by Gasteiger charge is 2.13. The van der Waals surface area contributed by atoms with Crippen LogP contribution in [0.25, 0.3) is 0 Å². The molecule has 4 rings (SSSR count). The zero-order valence-corrected chi connectivity index (χ0v) is 16.5. The molecule has 8 nitrogen and oxygen atoms in total. The molecule has 0 fully saturated rings. The molecule has 0 spiro atoms. The standard InChI is InChI=1S/C23H18N3O5/c1-15-7-10-30-21(15)22(27)25-17-3-2-4-19(11-17)31-20-5-8-24-18(12-20)14-26-9-6-16(13-26)23(28)29/h2-14H,1H3,(H,25,27)(H,28,29). The van der Waals surface area contributed by atoms with Gasteiger partial charge in [-0.15, -0.1) is 0 Å². The van der Waals surface area contributed by atoms with Crippen molar-refractivity contribution in [1.29, 1.82) is 0 Å². The van der Waals surface area contributed by atoms with Gasteiger partial charge in [-0.25, -0.2) is 4.79 Å². The fourth-order valence-corrected chi connectivity index (χ4v) is 2.90. The lowest BCUT2D eigenvalue weighted by Crippen LogP contribution is -2.12. The van der Waals surface area contributed by atoms with Crippen molar-refractivity contribution in [3.8, 4) is 11.5 Å². The molecule has 3 heterocycles. The first-order valence-electron chi connectivity index (χ1n) is 9.33. The molecule has 4 aromatic rings. The van der Waals surface area contributed by atoms with Gasteiger partial charge in [0.15, 0.2) is 5.76 Å². The maximum absolute atomic E-state index is 12.3. The van der Waals surface area contributed by atoms with Gasteiger partial charge in [-0.2, -0.15) is 0 Å². The number of aryl methyl sites for hydroxylation is 1. The van der Waals surface area contributed by atoms with Crippen molar-refractivity contribution in [3.63, 3.8) is 0 Å². The number of hydrogen-bond acceptors (Lipinski definition) is 5. The Morgan fingerprint density at radius 1 is 1.16 bits per heavy atom. The molecular formula is C23H18N3O5. The summed E-state index contributed by atoms with van der Waals surface area (Å²) < 4.78 is 12.7. The van der Waals surface area contributed by atoms with Crippen molar-refractivity contribution in [2.75, 3.05) is 5.32 Å². The Kier molecular flexibility index (Phi) is 5.53. The lowest BCUT2D eigenvalue weighted by atomic mass is 10.2. The third kappa shape index (κ3) is 4.81. The second-order valence-corrected chi connectivity index (χ2v) is 6.71. The maximum Gasteiger partial charge on any atom is 0.337 e. The quantitative estimate of drug-likeness (QED) is 0.457. The predicted molar refractivity (Wildman–Crippen MR) is 112 cm³/mol. The van der Waals surface area contributed by atoms with Gasteiger partial charge >= 0.3 is 5.97 Å². The molecule has 0 aliphatic heterocycles. The van der Waals surface area contributed by atoms with Crippen LogP contribution in [0, 0.1) is 13.5 Å². The summed E-state index contributed by atoms with van der Waals surface area (Å²) >= 11 is 0. The van der Waals surface area contributed by atoms with E-state index in [4.69, 9.17) is 14.3 Å². The zero-order valence-electron chi connectivity index (χ0n) is 16.5. The van der Waals surface area contributed by atoms with Gasteiger partial charge < -0.3 is 24.1 Å². The molecule has 0 saturated heterocycles. The number of carbonyl (C=O) groups excluding carboxylic acids is 1. The van der Waals surface area contributed by atoms with Gasteiger partial charge in [-0.1, -0.05) is 6.07 Å². The average Bonchev–Trinajstić information content (AvgIpc) is 3.38. The van der Waals surface area contributed by atoms with Crippen LogP contribution in [-0.2, 0) is 0 Å². The molecule has 0 aliphatic rings. The van der Waals surface area contributed by atoms with Crippen molar-refractivity contribution < 1.29 is 23.8 Å². The van der Waals surface area contributed by atoms with Crippen LogP contribution in [0.4, 0.5) is 5.69 Å². The van der Waals surface area contributed by atoms with Crippen LogP contribution in [0.1, 0.15) is 32.2 Å². The van der Waals surface area contributed by atoms with Crippen LogP contribution in [0.3, 0.4) is 0 Å². The summed E-state index contributed by atoms with van der Waals surface area (Å²) in [7, 11) is 0. The number of carboxylic acid groups (broad SMARTS) is 1. The number of benzene rings is 1. The fraction of sp³-hybridized carbons (Fsp3) is 0.0435. The number of ether oxygens (including phenoxy) is 1. The van der Waals surface area contributed by atoms with E-state index in [1.165, 1.54) is 18.5 Å². The predicted octanol–water partition coefficient (Wildman–Crippen LogP) is 4.59. The summed E-state index contributed by atoms with van der Waals surface area (Å²) in [6, 6.07) is 13.6. The van der Waals surface area contributed by atoms with Crippen molar-refractivity contribution in [2.45, 2.75) is 6.92 Å². The zero-order chi connectivity index (χ0) is 21.8. The number of hydrogen-bond donors (Lipinski definition) is 2. The molecule has 1 radical (unpaired) electrons. The van der Waals surface area contributed by atoms with Crippen molar-refractivity contribution in [2.24, 2.45) is 0 Å². The van der Waals surface area contributed by atoms with E-state index in [0.29, 0.717) is 22.9 Å². The summed E-state index contributed by atoms with van der Waals surface area (Å²) in [5, 5.41) is 11.8. The van der Waals surface area contributed by atoms with Crippen molar-refractivity contribution >= 4 is 17.6 Å². The minimum Gasteiger partial charge on any atom is -0.478 e. The van der Waals surface area contributed by atoms with Gasteiger partial charge in [0.25, 0.3) is 5.91 Å². The number of nitrogens with zero attached hydrogens (tertiary/aromatic N) is 2. The molecule has 0 saturated carbocycles. The Morgan fingerprint density at radius 3 is 2.74 bits per heavy atom. The van der Waals surface area contributed by atoms with E-state index >= 15 is 0 Å². The van der Waals surface area contributed by atoms with Crippen molar-refractivity contribution in [3.05, 3.63) is 103 Å². The summed E-state index contributed by atoms with van der Waals surface area (Å²) in [5.74, 6) is -0.00607. The van der Waals surface area contributed by atoms with E-state index in [1.807, 2.05) is 0 Å². The number of rotatable bonds is 7. The number of nitrogens with one attached hydrogen (secondary N) is 1. The lowest BCUT2D eigenvalue weighted by Gasteiger charge is -2.10. The van der Waals surface area contributed by atoms with Crippen LogP contribution in [0.15, 0.2) is 77.8 Å². The molecule has 0 aliphatic carbocycles. The largest absolute Gasteiger partial charge is 0.478 e. The third-order valence-electron chi connectivity index (χ3n) is 4.39. The SMILES string of the molecule is Cc1ccoc1C(=O)Nc1cccc(Oc2ccnc([CH]n3ccc(C(=O)O)c3)c2)c1. The van der Waals surface area contributed by atoms with Crippen LogP contribution in [0.2, 0.25) is 0 Å². The molecule has 0 atom stereocenters. The van der Waals surface area contributed by atoms with Crippen molar-refractivity contribution in [1.82, 2.24) is 9.55 Å². The van der Waals surface area contributed by atoms with Gasteiger partial charge in [-0.3, -0.25) is 9.78 Å². The Bertz CT molecular complexity index is 1240. The summed E-state index contributed by atoms with van der Waals surface area (Å²) in [4.78, 5) is 27.6. The smallest absolute Gasteiger partial charge is 0.337 e. The number of pyridine rings is 1. The normalized spacial score (nSPS) is 10.6. The molecular weight excluding hydrogens is 398 g/mol. The number of amides is 1. The number of carboxylic acids is 1.